The SMILES string of the molecule is CC(C)COC(=O)O[C@@H](CCN(C)C(=O)O)c1cccs1. The van der Waals surface area contributed by atoms with Gasteiger partial charge in [0.15, 0.2) is 0 Å². The second-order valence-corrected chi connectivity index (χ2v) is 6.05. The minimum Gasteiger partial charge on any atom is -0.465 e. The lowest BCUT2D eigenvalue weighted by atomic mass is 10.2. The minimum absolute atomic E-state index is 0.232. The number of carboxylic acid groups (broad SMARTS) is 1. The highest BCUT2D eigenvalue weighted by molar-refractivity contribution is 7.10. The number of hydrogen-bond acceptors (Lipinski definition) is 5. The summed E-state index contributed by atoms with van der Waals surface area (Å²) in [4.78, 5) is 24.5. The van der Waals surface area contributed by atoms with E-state index < -0.39 is 18.4 Å². The van der Waals surface area contributed by atoms with E-state index in [0.29, 0.717) is 13.0 Å². The summed E-state index contributed by atoms with van der Waals surface area (Å²) < 4.78 is 10.3. The Morgan fingerprint density at radius 1 is 1.43 bits per heavy atom. The summed E-state index contributed by atoms with van der Waals surface area (Å²) in [5, 5.41) is 10.7. The lowest BCUT2D eigenvalue weighted by Gasteiger charge is -2.19. The molecule has 0 fully saturated rings. The van der Waals surface area contributed by atoms with Crippen LogP contribution in [0.25, 0.3) is 0 Å². The molecule has 0 unspecified atom stereocenters. The Balaban J connectivity index is 2.57. The Hall–Kier alpha value is -1.76. The number of carbonyl (C=O) groups is 2. The zero-order valence-electron chi connectivity index (χ0n) is 12.4. The normalized spacial score (nSPS) is 12.0. The third-order valence-corrected chi connectivity index (χ3v) is 3.65. The van der Waals surface area contributed by atoms with Crippen LogP contribution in [0.2, 0.25) is 0 Å². The third kappa shape index (κ3) is 6.48. The molecule has 0 aliphatic rings. The molecule has 0 saturated heterocycles. The van der Waals surface area contributed by atoms with Gasteiger partial charge in [-0.25, -0.2) is 9.59 Å². The van der Waals surface area contributed by atoms with Gasteiger partial charge < -0.3 is 19.5 Å². The highest BCUT2D eigenvalue weighted by atomic mass is 32.1. The van der Waals surface area contributed by atoms with Crippen molar-refractivity contribution < 1.29 is 24.2 Å². The molecule has 1 atom stereocenters. The average molecular weight is 315 g/mol. The van der Waals surface area contributed by atoms with Crippen molar-refractivity contribution >= 4 is 23.6 Å². The Morgan fingerprint density at radius 2 is 2.14 bits per heavy atom. The van der Waals surface area contributed by atoms with Gasteiger partial charge in [-0.1, -0.05) is 19.9 Å². The number of ether oxygens (including phenoxy) is 2. The molecular weight excluding hydrogens is 294 g/mol. The molecule has 0 aliphatic heterocycles. The molecule has 1 rings (SSSR count). The molecule has 1 amide bonds. The van der Waals surface area contributed by atoms with E-state index in [-0.39, 0.29) is 12.5 Å². The lowest BCUT2D eigenvalue weighted by molar-refractivity contribution is 0.0134. The van der Waals surface area contributed by atoms with Gasteiger partial charge in [-0.15, -0.1) is 11.3 Å². The molecule has 0 radical (unpaired) electrons. The maximum absolute atomic E-state index is 11.7. The molecule has 6 nitrogen and oxygen atoms in total. The first kappa shape index (κ1) is 17.3. The van der Waals surface area contributed by atoms with Crippen molar-refractivity contribution in [1.82, 2.24) is 4.90 Å². The van der Waals surface area contributed by atoms with Crippen LogP contribution in [0.3, 0.4) is 0 Å². The summed E-state index contributed by atoms with van der Waals surface area (Å²) in [5.41, 5.74) is 0. The van der Waals surface area contributed by atoms with Crippen LogP contribution in [-0.2, 0) is 9.47 Å². The molecule has 1 aromatic heterocycles. The molecule has 1 aromatic rings. The van der Waals surface area contributed by atoms with Gasteiger partial charge >= 0.3 is 12.2 Å². The van der Waals surface area contributed by atoms with Crippen molar-refractivity contribution in [2.45, 2.75) is 26.4 Å². The molecule has 1 heterocycles. The second kappa shape index (κ2) is 8.51. The average Bonchev–Trinajstić information content (AvgIpc) is 2.94. The topological polar surface area (TPSA) is 76.1 Å². The van der Waals surface area contributed by atoms with Crippen LogP contribution in [0.4, 0.5) is 9.59 Å². The van der Waals surface area contributed by atoms with Crippen LogP contribution < -0.4 is 0 Å². The Bertz CT molecular complexity index is 446. The highest BCUT2D eigenvalue weighted by Gasteiger charge is 2.20. The summed E-state index contributed by atoms with van der Waals surface area (Å²) >= 11 is 1.46. The minimum atomic E-state index is -1.01. The van der Waals surface area contributed by atoms with Gasteiger partial charge in [0.05, 0.1) is 6.61 Å². The molecule has 0 spiro atoms. The molecular formula is C14H21NO5S. The van der Waals surface area contributed by atoms with E-state index in [1.165, 1.54) is 18.4 Å². The van der Waals surface area contributed by atoms with Gasteiger partial charge in [-0.3, -0.25) is 0 Å². The number of rotatable bonds is 7. The van der Waals surface area contributed by atoms with Gasteiger partial charge in [0.25, 0.3) is 0 Å². The van der Waals surface area contributed by atoms with Gasteiger partial charge in [0.2, 0.25) is 0 Å². The van der Waals surface area contributed by atoms with E-state index in [4.69, 9.17) is 14.6 Å². The maximum atomic E-state index is 11.7. The maximum Gasteiger partial charge on any atom is 0.508 e. The zero-order chi connectivity index (χ0) is 15.8. The number of hydrogen-bond donors (Lipinski definition) is 1. The Morgan fingerprint density at radius 3 is 2.67 bits per heavy atom. The van der Waals surface area contributed by atoms with Crippen molar-refractivity contribution in [2.75, 3.05) is 20.2 Å². The summed E-state index contributed by atoms with van der Waals surface area (Å²) in [7, 11) is 1.48. The lowest BCUT2D eigenvalue weighted by Crippen LogP contribution is -2.27. The van der Waals surface area contributed by atoms with Gasteiger partial charge in [-0.2, -0.15) is 0 Å². The fourth-order valence-electron chi connectivity index (χ4n) is 1.53. The summed E-state index contributed by atoms with van der Waals surface area (Å²) in [6.45, 7) is 4.44. The molecule has 1 N–H and O–H groups in total. The smallest absolute Gasteiger partial charge is 0.465 e. The number of amides is 1. The van der Waals surface area contributed by atoms with Gasteiger partial charge in [0, 0.05) is 24.9 Å². The second-order valence-electron chi connectivity index (χ2n) is 5.07. The van der Waals surface area contributed by atoms with Crippen molar-refractivity contribution in [3.05, 3.63) is 22.4 Å². The van der Waals surface area contributed by atoms with E-state index in [1.54, 1.807) is 0 Å². The van der Waals surface area contributed by atoms with Crippen LogP contribution >= 0.6 is 11.3 Å². The van der Waals surface area contributed by atoms with Crippen molar-refractivity contribution in [3.8, 4) is 0 Å². The van der Waals surface area contributed by atoms with Crippen LogP contribution in [0.15, 0.2) is 17.5 Å². The van der Waals surface area contributed by atoms with Crippen LogP contribution in [0, 0.1) is 5.92 Å². The van der Waals surface area contributed by atoms with E-state index >= 15 is 0 Å². The molecule has 7 heteroatoms. The van der Waals surface area contributed by atoms with E-state index in [2.05, 4.69) is 0 Å². The standard InChI is InChI=1S/C14H21NO5S/c1-10(2)9-19-14(18)20-11(12-5-4-8-21-12)6-7-15(3)13(16)17/h4-5,8,10-11H,6-7,9H2,1-3H3,(H,16,17)/t11-/m0/s1. The predicted molar refractivity (Wildman–Crippen MR) is 79.6 cm³/mol. The zero-order valence-corrected chi connectivity index (χ0v) is 13.3. The molecule has 0 bridgehead atoms. The largest absolute Gasteiger partial charge is 0.508 e. The van der Waals surface area contributed by atoms with Gasteiger partial charge in [0.1, 0.15) is 6.10 Å². The quantitative estimate of drug-likeness (QED) is 0.778. The fraction of sp³-hybridized carbons (Fsp3) is 0.571. The summed E-state index contributed by atoms with van der Waals surface area (Å²) in [5.74, 6) is 0.232. The number of nitrogens with zero attached hydrogens (tertiary/aromatic N) is 1. The van der Waals surface area contributed by atoms with Crippen molar-refractivity contribution in [1.29, 1.82) is 0 Å². The molecule has 0 aromatic carbocycles. The Kier molecular flexibility index (Phi) is 7.01. The highest BCUT2D eigenvalue weighted by Crippen LogP contribution is 2.26. The number of thiophene rings is 1. The molecule has 118 valence electrons. The molecule has 0 saturated carbocycles. The van der Waals surface area contributed by atoms with Crippen LogP contribution in [0.1, 0.15) is 31.2 Å². The Labute approximate surface area is 128 Å². The van der Waals surface area contributed by atoms with Crippen molar-refractivity contribution in [3.63, 3.8) is 0 Å². The van der Waals surface area contributed by atoms with E-state index in [1.807, 2.05) is 31.4 Å². The van der Waals surface area contributed by atoms with Crippen LogP contribution in [-0.4, -0.2) is 42.5 Å². The summed E-state index contributed by atoms with van der Waals surface area (Å²) in [6.07, 6.45) is -1.84. The first-order chi connectivity index (χ1) is 9.90. The monoisotopic (exact) mass is 315 g/mol. The fourth-order valence-corrected chi connectivity index (χ4v) is 2.31. The number of carbonyl (C=O) groups excluding carboxylic acids is 1. The first-order valence-electron chi connectivity index (χ1n) is 6.71. The molecule has 21 heavy (non-hydrogen) atoms. The van der Waals surface area contributed by atoms with Gasteiger partial charge in [-0.05, 0) is 17.4 Å². The van der Waals surface area contributed by atoms with E-state index in [0.717, 1.165) is 9.78 Å². The van der Waals surface area contributed by atoms with Crippen LogP contribution in [0.5, 0.6) is 0 Å². The van der Waals surface area contributed by atoms with Crippen molar-refractivity contribution in [2.24, 2.45) is 5.92 Å². The molecule has 0 aliphatic carbocycles. The first-order valence-corrected chi connectivity index (χ1v) is 7.59. The summed E-state index contributed by atoms with van der Waals surface area (Å²) in [6, 6.07) is 3.71. The third-order valence-electron chi connectivity index (χ3n) is 2.69. The van der Waals surface area contributed by atoms with E-state index in [9.17, 15) is 9.59 Å². The predicted octanol–water partition coefficient (Wildman–Crippen LogP) is 3.60.